The van der Waals surface area contributed by atoms with Crippen molar-refractivity contribution in [2.24, 2.45) is 0 Å². The van der Waals surface area contributed by atoms with Crippen molar-refractivity contribution in [1.29, 1.82) is 0 Å². The molecule has 0 aliphatic carbocycles. The van der Waals surface area contributed by atoms with Gasteiger partial charge in [0.25, 0.3) is 0 Å². The normalized spacial score (nSPS) is 24.7. The summed E-state index contributed by atoms with van der Waals surface area (Å²) in [6.45, 7) is -2.85. The largest absolute Gasteiger partial charge is 0.471 e. The van der Waals surface area contributed by atoms with Gasteiger partial charge in [-0.15, -0.1) is 0 Å². The fourth-order valence-corrected chi connectivity index (χ4v) is 2.68. The third-order valence-electron chi connectivity index (χ3n) is 3.34. The molecule has 1 aliphatic heterocycles. The standard InChI is InChI=1S/C13H18F3N3O5S/c1-17-25(21,22)7-11-18-5-8(13(14,15)16)12(19-11)24-10-3-2-4-23-6-9(10)20/h5,9-10,17,20H,2-4,6-7H2,1H3/t9-,10?/m1/s1/i1D3. The van der Waals surface area contributed by atoms with Crippen LogP contribution in [0.1, 0.15) is 28.3 Å². The molecule has 0 amide bonds. The van der Waals surface area contributed by atoms with Crippen LogP contribution >= 0.6 is 0 Å². The van der Waals surface area contributed by atoms with Crippen LogP contribution in [0.4, 0.5) is 13.2 Å². The van der Waals surface area contributed by atoms with Gasteiger partial charge in [-0.1, -0.05) is 0 Å². The van der Waals surface area contributed by atoms with Crippen LogP contribution < -0.4 is 9.46 Å². The van der Waals surface area contributed by atoms with E-state index in [0.29, 0.717) is 19.2 Å². The molecule has 1 unspecified atom stereocenters. The van der Waals surface area contributed by atoms with Gasteiger partial charge >= 0.3 is 6.18 Å². The molecule has 1 aromatic rings. The molecule has 0 radical (unpaired) electrons. The Morgan fingerprint density at radius 2 is 2.32 bits per heavy atom. The number of aliphatic hydroxyl groups is 1. The molecule has 0 aromatic carbocycles. The average Bonchev–Trinajstić information content (AvgIpc) is 2.68. The van der Waals surface area contributed by atoms with E-state index in [-0.39, 0.29) is 13.0 Å². The number of ether oxygens (including phenoxy) is 2. The molecule has 2 atom stereocenters. The molecule has 2 rings (SSSR count). The van der Waals surface area contributed by atoms with Gasteiger partial charge in [0.05, 0.1) is 6.61 Å². The van der Waals surface area contributed by atoms with E-state index >= 15 is 0 Å². The predicted octanol–water partition coefficient (Wildman–Crippen LogP) is 0.463. The quantitative estimate of drug-likeness (QED) is 0.754. The first kappa shape index (κ1) is 15.7. The molecule has 1 fully saturated rings. The fraction of sp³-hybridized carbons (Fsp3) is 0.692. The highest BCUT2D eigenvalue weighted by Gasteiger charge is 2.38. The Balaban J connectivity index is 2.32. The minimum Gasteiger partial charge on any atom is -0.471 e. The first-order valence-corrected chi connectivity index (χ1v) is 8.79. The first-order chi connectivity index (χ1) is 12.8. The van der Waals surface area contributed by atoms with Crippen LogP contribution in [0.25, 0.3) is 0 Å². The highest BCUT2D eigenvalue weighted by molar-refractivity contribution is 7.88. The number of rotatable bonds is 5. The van der Waals surface area contributed by atoms with Gasteiger partial charge in [-0.05, 0) is 19.8 Å². The lowest BCUT2D eigenvalue weighted by atomic mass is 10.1. The Hall–Kier alpha value is -1.50. The zero-order valence-corrected chi connectivity index (χ0v) is 13.6. The number of aromatic nitrogens is 2. The van der Waals surface area contributed by atoms with Crippen molar-refractivity contribution in [3.8, 4) is 5.88 Å². The van der Waals surface area contributed by atoms with Crippen molar-refractivity contribution >= 4 is 10.0 Å². The van der Waals surface area contributed by atoms with Gasteiger partial charge in [-0.2, -0.15) is 18.2 Å². The lowest BCUT2D eigenvalue weighted by Crippen LogP contribution is -2.34. The second kappa shape index (κ2) is 7.81. The molecular weight excluding hydrogens is 367 g/mol. The molecule has 12 heteroatoms. The van der Waals surface area contributed by atoms with Crippen molar-refractivity contribution in [3.63, 3.8) is 0 Å². The number of aliphatic hydroxyl groups excluding tert-OH is 1. The highest BCUT2D eigenvalue weighted by atomic mass is 32.2. The molecule has 1 aromatic heterocycles. The number of halogens is 3. The summed E-state index contributed by atoms with van der Waals surface area (Å²) in [4.78, 5) is 6.86. The van der Waals surface area contributed by atoms with Crippen molar-refractivity contribution < 1.29 is 40.3 Å². The molecule has 2 N–H and O–H groups in total. The number of hydrogen-bond acceptors (Lipinski definition) is 7. The third-order valence-corrected chi connectivity index (χ3v) is 4.29. The van der Waals surface area contributed by atoms with Crippen LogP contribution in [0.5, 0.6) is 5.88 Å². The van der Waals surface area contributed by atoms with E-state index in [4.69, 9.17) is 13.6 Å². The molecule has 8 nitrogen and oxygen atoms in total. The second-order valence-corrected chi connectivity index (χ2v) is 7.03. The van der Waals surface area contributed by atoms with Crippen molar-refractivity contribution in [1.82, 2.24) is 14.7 Å². The predicted molar refractivity (Wildman–Crippen MR) is 79.2 cm³/mol. The smallest absolute Gasteiger partial charge is 0.423 e. The lowest BCUT2D eigenvalue weighted by Gasteiger charge is -2.22. The van der Waals surface area contributed by atoms with Crippen LogP contribution in [-0.2, 0) is 26.7 Å². The van der Waals surface area contributed by atoms with Crippen molar-refractivity contribution in [3.05, 3.63) is 17.6 Å². The summed E-state index contributed by atoms with van der Waals surface area (Å²) in [7, 11) is -4.45. The summed E-state index contributed by atoms with van der Waals surface area (Å²) in [5.74, 6) is -2.62. The van der Waals surface area contributed by atoms with Crippen LogP contribution in [0, 0.1) is 0 Å². The number of hydrogen-bond donors (Lipinski definition) is 2. The lowest BCUT2D eigenvalue weighted by molar-refractivity contribution is -0.140. The third kappa shape index (κ3) is 5.49. The molecule has 1 aliphatic rings. The van der Waals surface area contributed by atoms with E-state index in [1.807, 2.05) is 0 Å². The maximum Gasteiger partial charge on any atom is 0.423 e. The minimum atomic E-state index is -4.89. The summed E-state index contributed by atoms with van der Waals surface area (Å²) < 4.78 is 95.7. The molecule has 142 valence electrons. The van der Waals surface area contributed by atoms with E-state index < -0.39 is 58.4 Å². The molecule has 0 spiro atoms. The van der Waals surface area contributed by atoms with Gasteiger partial charge in [0, 0.05) is 16.9 Å². The Kier molecular flexibility index (Phi) is 4.91. The fourth-order valence-electron chi connectivity index (χ4n) is 2.13. The number of sulfonamides is 1. The zero-order chi connectivity index (χ0) is 21.2. The Bertz CT molecular complexity index is 792. The summed E-state index contributed by atoms with van der Waals surface area (Å²) in [6.07, 6.45) is -6.18. The summed E-state index contributed by atoms with van der Waals surface area (Å²) >= 11 is 0. The van der Waals surface area contributed by atoms with Crippen molar-refractivity contribution in [2.45, 2.75) is 37.0 Å². The van der Waals surface area contributed by atoms with Crippen LogP contribution in [0.15, 0.2) is 6.20 Å². The molecule has 2 heterocycles. The maximum atomic E-state index is 13.2. The van der Waals surface area contributed by atoms with E-state index in [2.05, 4.69) is 9.97 Å². The first-order valence-electron chi connectivity index (χ1n) is 8.64. The second-order valence-electron chi connectivity index (χ2n) is 5.30. The number of nitrogens with one attached hydrogen (secondary N) is 1. The van der Waals surface area contributed by atoms with Crippen molar-refractivity contribution in [2.75, 3.05) is 20.2 Å². The Labute approximate surface area is 146 Å². The van der Waals surface area contributed by atoms with E-state index in [0.717, 1.165) is 0 Å². The number of alkyl halides is 3. The zero-order valence-electron chi connectivity index (χ0n) is 15.8. The van der Waals surface area contributed by atoms with Gasteiger partial charge in [-0.3, -0.25) is 0 Å². The maximum absolute atomic E-state index is 13.2. The van der Waals surface area contributed by atoms with Gasteiger partial charge < -0.3 is 14.6 Å². The average molecular weight is 388 g/mol. The Morgan fingerprint density at radius 3 is 3.00 bits per heavy atom. The molecule has 0 bridgehead atoms. The SMILES string of the molecule is [2H]C([2H])([2H])NS(=O)(=O)Cc1ncc(C(F)(F)F)c(OC2CCCOC[C@H]2O)n1. The van der Waals surface area contributed by atoms with Crippen LogP contribution in [-0.4, -0.2) is 55.9 Å². The van der Waals surface area contributed by atoms with E-state index in [9.17, 15) is 26.7 Å². The topological polar surface area (TPSA) is 111 Å². The Morgan fingerprint density at radius 1 is 1.56 bits per heavy atom. The van der Waals surface area contributed by atoms with Gasteiger partial charge in [-0.25, -0.2) is 18.1 Å². The van der Waals surface area contributed by atoms with Crippen LogP contribution in [0.2, 0.25) is 0 Å². The number of nitrogens with zero attached hydrogens (tertiary/aromatic N) is 2. The highest BCUT2D eigenvalue weighted by Crippen LogP contribution is 2.35. The molecule has 25 heavy (non-hydrogen) atoms. The molecular formula is C13H18F3N3O5S. The molecule has 0 saturated carbocycles. The van der Waals surface area contributed by atoms with Gasteiger partial charge in [0.1, 0.15) is 29.3 Å². The summed E-state index contributed by atoms with van der Waals surface area (Å²) in [5, 5.41) is 9.94. The summed E-state index contributed by atoms with van der Waals surface area (Å²) in [6, 6.07) is 0. The summed E-state index contributed by atoms with van der Waals surface area (Å²) in [5.41, 5.74) is -1.35. The monoisotopic (exact) mass is 388 g/mol. The van der Waals surface area contributed by atoms with E-state index in [1.54, 1.807) is 0 Å². The van der Waals surface area contributed by atoms with Gasteiger partial charge in [0.2, 0.25) is 15.9 Å². The minimum absolute atomic E-state index is 0.138. The van der Waals surface area contributed by atoms with Crippen LogP contribution in [0.3, 0.4) is 0 Å². The van der Waals surface area contributed by atoms with E-state index in [1.165, 1.54) is 4.72 Å². The van der Waals surface area contributed by atoms with Gasteiger partial charge in [0.15, 0.2) is 0 Å². The molecule has 1 saturated heterocycles.